The second kappa shape index (κ2) is 6.31. The largest absolute Gasteiger partial charge is 0.479 e. The molecule has 9 heteroatoms. The van der Waals surface area contributed by atoms with Gasteiger partial charge in [0, 0.05) is 6.21 Å². The third-order valence-electron chi connectivity index (χ3n) is 2.39. The first kappa shape index (κ1) is 14.2. The number of nitrogens with zero attached hydrogens (tertiary/aromatic N) is 3. The lowest BCUT2D eigenvalue weighted by atomic mass is 10.3. The van der Waals surface area contributed by atoms with Crippen LogP contribution in [0.2, 0.25) is 5.28 Å². The van der Waals surface area contributed by atoms with Crippen LogP contribution in [-0.2, 0) is 13.2 Å². The van der Waals surface area contributed by atoms with Crippen molar-refractivity contribution in [2.75, 3.05) is 12.4 Å². The van der Waals surface area contributed by atoms with Crippen molar-refractivity contribution in [3.8, 4) is 5.88 Å². The summed E-state index contributed by atoms with van der Waals surface area (Å²) in [7, 11) is 1.44. The molecule has 3 N–H and O–H groups in total. The third kappa shape index (κ3) is 3.03. The summed E-state index contributed by atoms with van der Waals surface area (Å²) in [5.74, 6) is 0.461. The number of halogens is 1. The normalized spacial score (nSPS) is 10.3. The molecule has 0 amide bonds. The standard InChI is InChI=1S/C11H12ClN5O3/c1-19-10-9(7(2-13)16-11(12)17-10)14-3-6-5-20-8(4-18)15-6/h2,5,13-14,18H,3-4H2,1H3. The van der Waals surface area contributed by atoms with Crippen LogP contribution in [0.3, 0.4) is 0 Å². The molecule has 20 heavy (non-hydrogen) atoms. The van der Waals surface area contributed by atoms with Crippen LogP contribution >= 0.6 is 11.6 Å². The molecule has 2 aromatic heterocycles. The van der Waals surface area contributed by atoms with Gasteiger partial charge in [-0.2, -0.15) is 4.98 Å². The fourth-order valence-corrected chi connectivity index (χ4v) is 1.70. The molecule has 0 bridgehead atoms. The van der Waals surface area contributed by atoms with Crippen LogP contribution < -0.4 is 10.1 Å². The van der Waals surface area contributed by atoms with Crippen molar-refractivity contribution in [1.82, 2.24) is 15.0 Å². The summed E-state index contributed by atoms with van der Waals surface area (Å²) in [4.78, 5) is 11.9. The molecule has 0 spiro atoms. The molecule has 0 unspecified atom stereocenters. The summed E-state index contributed by atoms with van der Waals surface area (Å²) in [5.41, 5.74) is 1.31. The number of hydrogen-bond donors (Lipinski definition) is 3. The van der Waals surface area contributed by atoms with Gasteiger partial charge in [0.15, 0.2) is 0 Å². The number of hydrogen-bond acceptors (Lipinski definition) is 8. The van der Waals surface area contributed by atoms with Gasteiger partial charge < -0.3 is 25.0 Å². The number of nitrogens with one attached hydrogen (secondary N) is 2. The van der Waals surface area contributed by atoms with E-state index in [9.17, 15) is 0 Å². The summed E-state index contributed by atoms with van der Waals surface area (Å²) in [5, 5.41) is 19.2. The highest BCUT2D eigenvalue weighted by atomic mass is 35.5. The maximum Gasteiger partial charge on any atom is 0.242 e. The van der Waals surface area contributed by atoms with E-state index in [4.69, 9.17) is 31.3 Å². The van der Waals surface area contributed by atoms with E-state index in [0.29, 0.717) is 23.6 Å². The molecule has 0 saturated heterocycles. The molecule has 0 saturated carbocycles. The van der Waals surface area contributed by atoms with Crippen LogP contribution in [0.1, 0.15) is 17.3 Å². The highest BCUT2D eigenvalue weighted by molar-refractivity contribution is 6.28. The summed E-state index contributed by atoms with van der Waals surface area (Å²) < 4.78 is 10.1. The van der Waals surface area contributed by atoms with E-state index < -0.39 is 0 Å². The maximum absolute atomic E-state index is 8.87. The van der Waals surface area contributed by atoms with Gasteiger partial charge in [-0.15, -0.1) is 0 Å². The minimum atomic E-state index is -0.265. The van der Waals surface area contributed by atoms with Crippen LogP contribution in [0.4, 0.5) is 5.69 Å². The summed E-state index contributed by atoms with van der Waals surface area (Å²) >= 11 is 5.73. The van der Waals surface area contributed by atoms with Crippen molar-refractivity contribution in [2.45, 2.75) is 13.2 Å². The summed E-state index contributed by atoms with van der Waals surface area (Å²) in [6, 6.07) is 0. The van der Waals surface area contributed by atoms with Gasteiger partial charge in [-0.05, 0) is 11.6 Å². The molecule has 0 aromatic carbocycles. The Kier molecular flexibility index (Phi) is 4.49. The molecular weight excluding hydrogens is 286 g/mol. The Bertz CT molecular complexity index is 616. The van der Waals surface area contributed by atoms with Crippen molar-refractivity contribution < 1.29 is 14.3 Å². The molecule has 2 heterocycles. The molecular formula is C11H12ClN5O3. The van der Waals surface area contributed by atoms with Crippen LogP contribution in [0.15, 0.2) is 10.7 Å². The van der Waals surface area contributed by atoms with Crippen LogP contribution in [0.5, 0.6) is 5.88 Å². The zero-order valence-corrected chi connectivity index (χ0v) is 11.3. The molecule has 0 atom stereocenters. The molecule has 0 aliphatic carbocycles. The van der Waals surface area contributed by atoms with Crippen molar-refractivity contribution in [2.24, 2.45) is 0 Å². The third-order valence-corrected chi connectivity index (χ3v) is 2.56. The van der Waals surface area contributed by atoms with Gasteiger partial charge in [0.25, 0.3) is 0 Å². The van der Waals surface area contributed by atoms with E-state index in [1.54, 1.807) is 0 Å². The number of aliphatic hydroxyl groups is 1. The van der Waals surface area contributed by atoms with Crippen LogP contribution in [0.25, 0.3) is 0 Å². The zero-order chi connectivity index (χ0) is 14.5. The van der Waals surface area contributed by atoms with Crippen LogP contribution in [0, 0.1) is 5.41 Å². The first-order valence-corrected chi connectivity index (χ1v) is 5.95. The predicted molar refractivity (Wildman–Crippen MR) is 71.2 cm³/mol. The summed E-state index contributed by atoms with van der Waals surface area (Å²) in [6.45, 7) is 0.0326. The average Bonchev–Trinajstić information content (AvgIpc) is 2.92. The molecule has 0 fully saturated rings. The minimum Gasteiger partial charge on any atom is -0.479 e. The van der Waals surface area contributed by atoms with Gasteiger partial charge in [-0.1, -0.05) is 0 Å². The highest BCUT2D eigenvalue weighted by Crippen LogP contribution is 2.26. The molecule has 0 aliphatic rings. The van der Waals surface area contributed by atoms with Crippen molar-refractivity contribution in [3.05, 3.63) is 28.8 Å². The van der Waals surface area contributed by atoms with Crippen molar-refractivity contribution in [3.63, 3.8) is 0 Å². The smallest absolute Gasteiger partial charge is 0.242 e. The number of ether oxygens (including phenoxy) is 1. The first-order valence-electron chi connectivity index (χ1n) is 5.58. The Hall–Kier alpha value is -2.19. The van der Waals surface area contributed by atoms with Gasteiger partial charge in [0.2, 0.25) is 17.1 Å². The lowest BCUT2D eigenvalue weighted by Gasteiger charge is -2.11. The second-order valence-electron chi connectivity index (χ2n) is 3.65. The van der Waals surface area contributed by atoms with Gasteiger partial charge in [0.1, 0.15) is 24.3 Å². The Morgan fingerprint density at radius 2 is 2.30 bits per heavy atom. The van der Waals surface area contributed by atoms with E-state index in [-0.39, 0.29) is 23.7 Å². The van der Waals surface area contributed by atoms with E-state index in [0.717, 1.165) is 6.21 Å². The van der Waals surface area contributed by atoms with Gasteiger partial charge in [-0.3, -0.25) is 0 Å². The maximum atomic E-state index is 8.87. The Labute approximate surface area is 119 Å². The summed E-state index contributed by atoms with van der Waals surface area (Å²) in [6.07, 6.45) is 2.46. The number of anilines is 1. The fourth-order valence-electron chi connectivity index (χ4n) is 1.53. The van der Waals surface area contributed by atoms with E-state index in [1.165, 1.54) is 13.4 Å². The average molecular weight is 298 g/mol. The number of aromatic nitrogens is 3. The number of methoxy groups -OCH3 is 1. The molecule has 2 rings (SSSR count). The lowest BCUT2D eigenvalue weighted by molar-refractivity contribution is 0.240. The fraction of sp³-hybridized carbons (Fsp3) is 0.273. The van der Waals surface area contributed by atoms with E-state index in [2.05, 4.69) is 20.3 Å². The Morgan fingerprint density at radius 1 is 1.50 bits per heavy atom. The molecule has 8 nitrogen and oxygen atoms in total. The zero-order valence-electron chi connectivity index (χ0n) is 10.6. The quantitative estimate of drug-likeness (QED) is 0.542. The highest BCUT2D eigenvalue weighted by Gasteiger charge is 2.13. The van der Waals surface area contributed by atoms with E-state index in [1.807, 2.05) is 0 Å². The molecule has 2 aromatic rings. The minimum absolute atomic E-state index is 0.00472. The van der Waals surface area contributed by atoms with Crippen molar-refractivity contribution >= 4 is 23.5 Å². The second-order valence-corrected chi connectivity index (χ2v) is 3.99. The van der Waals surface area contributed by atoms with Gasteiger partial charge in [-0.25, -0.2) is 9.97 Å². The number of rotatable bonds is 6. The Balaban J connectivity index is 2.21. The van der Waals surface area contributed by atoms with Crippen molar-refractivity contribution in [1.29, 1.82) is 5.41 Å². The number of oxazole rings is 1. The van der Waals surface area contributed by atoms with Gasteiger partial charge in [0.05, 0.1) is 19.3 Å². The SMILES string of the molecule is COc1nc(Cl)nc(C=N)c1NCc1coc(CO)n1. The van der Waals surface area contributed by atoms with Gasteiger partial charge >= 0.3 is 0 Å². The lowest BCUT2D eigenvalue weighted by Crippen LogP contribution is -2.08. The predicted octanol–water partition coefficient (Wildman–Crippen LogP) is 1.23. The van der Waals surface area contributed by atoms with E-state index >= 15 is 0 Å². The monoisotopic (exact) mass is 297 g/mol. The topological polar surface area (TPSA) is 117 Å². The Morgan fingerprint density at radius 3 is 2.90 bits per heavy atom. The molecule has 0 aliphatic heterocycles. The number of aliphatic hydroxyl groups excluding tert-OH is 1. The molecule has 106 valence electrons. The molecule has 0 radical (unpaired) electrons. The van der Waals surface area contributed by atoms with Crippen LogP contribution in [-0.4, -0.2) is 33.4 Å². The first-order chi connectivity index (χ1) is 9.67.